The van der Waals surface area contributed by atoms with Gasteiger partial charge >= 0.3 is 0 Å². The molecule has 5 nitrogen and oxygen atoms in total. The average Bonchev–Trinajstić information content (AvgIpc) is 3.74. The van der Waals surface area contributed by atoms with Crippen LogP contribution in [0.3, 0.4) is 0 Å². The minimum Gasteiger partial charge on any atom is -0.455 e. The first kappa shape index (κ1) is 24.3. The molecular formula is C45H28N4O. The average molecular weight is 645 g/mol. The van der Waals surface area contributed by atoms with E-state index in [9.17, 15) is 0 Å². The Hall–Kier alpha value is -6.85. The van der Waals surface area contributed by atoms with Crippen LogP contribution in [0.1, 0.15) is 5.48 Å². The van der Waals surface area contributed by atoms with E-state index >= 15 is 0 Å². The molecule has 0 aliphatic rings. The lowest BCUT2D eigenvalue weighted by Crippen LogP contribution is -2.04. The molecule has 3 aromatic heterocycles. The number of furan rings is 1. The monoisotopic (exact) mass is 644 g/mol. The number of aromatic nitrogens is 4. The number of benzene rings is 7. The van der Waals surface area contributed by atoms with Crippen molar-refractivity contribution in [3.05, 3.63) is 170 Å². The summed E-state index contributed by atoms with van der Waals surface area (Å²) in [5, 5.41) is 3.28. The van der Waals surface area contributed by atoms with Crippen LogP contribution in [0, 0.1) is 0 Å². The SMILES string of the molecule is [2H]c1cc([2H])c2c(c1)c1cc([2H])cc([2H])c1n2-c1ccc(-c2cccc3c2oc2ccccc23)cc1-c1nc(-c2ccccc2)nc(-c2ccccc2)n1. The van der Waals surface area contributed by atoms with Crippen LogP contribution in [0.4, 0.5) is 0 Å². The normalized spacial score (nSPS) is 12.7. The maximum Gasteiger partial charge on any atom is 0.166 e. The maximum atomic E-state index is 9.14. The molecule has 0 fully saturated rings. The first-order valence-electron chi connectivity index (χ1n) is 18.4. The Labute approximate surface area is 293 Å². The molecule has 3 heterocycles. The van der Waals surface area contributed by atoms with Crippen LogP contribution in [-0.2, 0) is 0 Å². The lowest BCUT2D eigenvalue weighted by Gasteiger charge is -2.16. The molecule has 0 bridgehead atoms. The fraction of sp³-hybridized carbons (Fsp3) is 0. The summed E-state index contributed by atoms with van der Waals surface area (Å²) >= 11 is 0. The molecule has 0 aliphatic carbocycles. The highest BCUT2D eigenvalue weighted by Crippen LogP contribution is 2.41. The van der Waals surface area contributed by atoms with Gasteiger partial charge in [0.1, 0.15) is 11.2 Å². The largest absolute Gasteiger partial charge is 0.455 e. The third-order valence-electron chi connectivity index (χ3n) is 9.18. The van der Waals surface area contributed by atoms with Crippen molar-refractivity contribution in [3.63, 3.8) is 0 Å². The second-order valence-corrected chi connectivity index (χ2v) is 12.1. The van der Waals surface area contributed by atoms with Gasteiger partial charge in [-0.15, -0.1) is 0 Å². The third kappa shape index (κ3) is 4.52. The van der Waals surface area contributed by atoms with Crippen LogP contribution in [-0.4, -0.2) is 19.5 Å². The highest BCUT2D eigenvalue weighted by molar-refractivity contribution is 6.11. The van der Waals surface area contributed by atoms with E-state index < -0.39 is 0 Å². The summed E-state index contributed by atoms with van der Waals surface area (Å²) in [6.45, 7) is 0. The van der Waals surface area contributed by atoms with Gasteiger partial charge in [0.15, 0.2) is 17.5 Å². The number of hydrogen-bond acceptors (Lipinski definition) is 4. The van der Waals surface area contributed by atoms with Gasteiger partial charge in [-0.2, -0.15) is 0 Å². The molecule has 5 heteroatoms. The van der Waals surface area contributed by atoms with Gasteiger partial charge in [0.2, 0.25) is 0 Å². The fourth-order valence-electron chi connectivity index (χ4n) is 6.88. The standard InChI is InChI=1S/C45H28N4O/c1-3-14-29(15-4-1)43-46-44(30-16-5-2-6-17-30)48-45(47-43)37-28-31(32-21-13-22-36-35-20-9-12-25-41(35)50-42(32)36)26-27-40(37)49-38-23-10-7-18-33(38)34-19-8-11-24-39(34)49/h1-28H/i7D,8D,23D,24D. The highest BCUT2D eigenvalue weighted by Gasteiger charge is 2.21. The molecule has 10 aromatic rings. The Kier molecular flexibility index (Phi) is 5.54. The lowest BCUT2D eigenvalue weighted by atomic mass is 9.98. The summed E-state index contributed by atoms with van der Waals surface area (Å²) in [6, 6.07) is 46.8. The van der Waals surface area contributed by atoms with Crippen molar-refractivity contribution in [3.8, 4) is 51.0 Å². The molecule has 0 radical (unpaired) electrons. The molecule has 0 amide bonds. The summed E-state index contributed by atoms with van der Waals surface area (Å²) in [4.78, 5) is 15.2. The summed E-state index contributed by atoms with van der Waals surface area (Å²) in [5.41, 5.74) is 7.28. The molecule has 10 rings (SSSR count). The van der Waals surface area contributed by atoms with E-state index in [0.717, 1.165) is 44.2 Å². The van der Waals surface area contributed by atoms with E-state index in [1.807, 2.05) is 114 Å². The second kappa shape index (κ2) is 11.4. The van der Waals surface area contributed by atoms with Crippen LogP contribution in [0.15, 0.2) is 174 Å². The molecular weight excluding hydrogens is 613 g/mol. The first-order valence-corrected chi connectivity index (χ1v) is 16.4. The topological polar surface area (TPSA) is 56.7 Å². The van der Waals surface area contributed by atoms with Gasteiger partial charge in [0.05, 0.1) is 22.2 Å². The Morgan fingerprint density at radius 3 is 1.74 bits per heavy atom. The number of nitrogens with zero attached hydrogens (tertiary/aromatic N) is 4. The molecule has 0 saturated carbocycles. The Bertz CT molecular complexity index is 2980. The molecule has 0 N–H and O–H groups in total. The summed E-state index contributed by atoms with van der Waals surface area (Å²) in [5.74, 6) is 1.40. The minimum absolute atomic E-state index is 0.132. The molecule has 0 aliphatic heterocycles. The lowest BCUT2D eigenvalue weighted by molar-refractivity contribution is 0.670. The van der Waals surface area contributed by atoms with Gasteiger partial charge in [0.25, 0.3) is 0 Å². The summed E-state index contributed by atoms with van der Waals surface area (Å²) < 4.78 is 43.6. The van der Waals surface area contributed by atoms with Crippen molar-refractivity contribution in [1.29, 1.82) is 0 Å². The zero-order valence-electron chi connectivity index (χ0n) is 30.6. The summed E-state index contributed by atoms with van der Waals surface area (Å²) in [6.07, 6.45) is 0. The summed E-state index contributed by atoms with van der Waals surface area (Å²) in [7, 11) is 0. The molecule has 0 spiro atoms. The van der Waals surface area contributed by atoms with Crippen molar-refractivity contribution < 1.29 is 9.90 Å². The maximum absolute atomic E-state index is 9.14. The van der Waals surface area contributed by atoms with E-state index in [4.69, 9.17) is 24.9 Å². The smallest absolute Gasteiger partial charge is 0.166 e. The zero-order valence-corrected chi connectivity index (χ0v) is 26.6. The Balaban J connectivity index is 1.33. The number of hydrogen-bond donors (Lipinski definition) is 0. The van der Waals surface area contributed by atoms with Crippen LogP contribution in [0.5, 0.6) is 0 Å². The molecule has 0 saturated heterocycles. The molecule has 0 atom stereocenters. The molecule has 234 valence electrons. The van der Waals surface area contributed by atoms with Crippen molar-refractivity contribution in [1.82, 2.24) is 19.5 Å². The fourth-order valence-corrected chi connectivity index (χ4v) is 6.88. The van der Waals surface area contributed by atoms with Gasteiger partial charge in [-0.25, -0.2) is 15.0 Å². The molecule has 0 unspecified atom stereocenters. The van der Waals surface area contributed by atoms with E-state index in [1.54, 1.807) is 12.1 Å². The minimum atomic E-state index is 0.132. The first-order chi connectivity index (χ1) is 26.4. The van der Waals surface area contributed by atoms with Crippen LogP contribution in [0.25, 0.3) is 94.7 Å². The highest BCUT2D eigenvalue weighted by atomic mass is 16.3. The Morgan fingerprint density at radius 1 is 0.460 bits per heavy atom. The van der Waals surface area contributed by atoms with Crippen LogP contribution in [0.2, 0.25) is 0 Å². The van der Waals surface area contributed by atoms with Gasteiger partial charge in [-0.3, -0.25) is 0 Å². The van der Waals surface area contributed by atoms with Crippen LogP contribution >= 0.6 is 0 Å². The predicted octanol–water partition coefficient (Wildman–Crippen LogP) is 11.5. The van der Waals surface area contributed by atoms with Crippen molar-refractivity contribution in [2.75, 3.05) is 0 Å². The number of rotatable bonds is 5. The second-order valence-electron chi connectivity index (χ2n) is 12.1. The van der Waals surface area contributed by atoms with Gasteiger partial charge in [-0.05, 0) is 35.8 Å². The molecule has 7 aromatic carbocycles. The van der Waals surface area contributed by atoms with Crippen LogP contribution < -0.4 is 0 Å². The number of para-hydroxylation sites is 4. The van der Waals surface area contributed by atoms with Gasteiger partial charge in [-0.1, -0.05) is 139 Å². The Morgan fingerprint density at radius 2 is 1.06 bits per heavy atom. The van der Waals surface area contributed by atoms with E-state index in [1.165, 1.54) is 12.1 Å². The predicted molar refractivity (Wildman–Crippen MR) is 203 cm³/mol. The van der Waals surface area contributed by atoms with Crippen molar-refractivity contribution in [2.24, 2.45) is 0 Å². The van der Waals surface area contributed by atoms with Crippen molar-refractivity contribution >= 4 is 43.7 Å². The van der Waals surface area contributed by atoms with E-state index in [-0.39, 0.29) is 24.2 Å². The van der Waals surface area contributed by atoms with Crippen molar-refractivity contribution in [2.45, 2.75) is 0 Å². The third-order valence-corrected chi connectivity index (χ3v) is 9.18. The molecule has 50 heavy (non-hydrogen) atoms. The quantitative estimate of drug-likeness (QED) is 0.187. The van der Waals surface area contributed by atoms with E-state index in [0.29, 0.717) is 50.5 Å². The zero-order chi connectivity index (χ0) is 36.5. The van der Waals surface area contributed by atoms with Gasteiger partial charge < -0.3 is 8.98 Å². The van der Waals surface area contributed by atoms with Gasteiger partial charge in [0, 0.05) is 43.8 Å². The van der Waals surface area contributed by atoms with E-state index in [2.05, 4.69) is 12.1 Å². The number of fused-ring (bicyclic) bond motifs is 6.